The molecule has 144 valence electrons. The zero-order valence-corrected chi connectivity index (χ0v) is 17.5. The molecule has 2 heterocycles. The van der Waals surface area contributed by atoms with Crippen LogP contribution in [0.4, 0.5) is 5.69 Å². The summed E-state index contributed by atoms with van der Waals surface area (Å²) in [6.07, 6.45) is 0. The third kappa shape index (κ3) is 4.56. The first-order valence-electron chi connectivity index (χ1n) is 9.42. The molecule has 0 radical (unpaired) electrons. The Kier molecular flexibility index (Phi) is 5.98. The highest BCUT2D eigenvalue weighted by molar-refractivity contribution is 8.01. The summed E-state index contributed by atoms with van der Waals surface area (Å²) >= 11 is 3.15. The summed E-state index contributed by atoms with van der Waals surface area (Å²) in [6.45, 7) is 5.41. The van der Waals surface area contributed by atoms with E-state index in [-0.39, 0.29) is 5.91 Å². The monoisotopic (exact) mass is 409 g/mol. The van der Waals surface area contributed by atoms with Crippen molar-refractivity contribution in [3.63, 3.8) is 0 Å². The van der Waals surface area contributed by atoms with Gasteiger partial charge in [0.25, 0.3) is 0 Å². The van der Waals surface area contributed by atoms with Gasteiger partial charge in [0, 0.05) is 42.8 Å². The van der Waals surface area contributed by atoms with E-state index in [1.165, 1.54) is 11.3 Å². The summed E-state index contributed by atoms with van der Waals surface area (Å²) in [5, 5.41) is 2.07. The van der Waals surface area contributed by atoms with Gasteiger partial charge in [-0.05, 0) is 19.1 Å². The lowest BCUT2D eigenvalue weighted by Gasteiger charge is -2.36. The van der Waals surface area contributed by atoms with Crippen LogP contribution in [-0.4, -0.2) is 47.7 Å². The Morgan fingerprint density at radius 3 is 2.46 bits per heavy atom. The standard InChI is InChI=1S/C22H23N3OS2/c1-17-7-9-18(10-8-17)20-15-27-22(23-20)28-16-21(26)25-13-11-24(12-14-25)19-5-3-2-4-6-19/h2-10,15H,11-14,16H2,1H3. The molecule has 1 aliphatic heterocycles. The largest absolute Gasteiger partial charge is 0.368 e. The molecular formula is C22H23N3OS2. The van der Waals surface area contributed by atoms with Gasteiger partial charge in [0.05, 0.1) is 11.4 Å². The molecule has 0 atom stereocenters. The quantitative estimate of drug-likeness (QED) is 0.579. The molecule has 1 saturated heterocycles. The van der Waals surface area contributed by atoms with Crippen LogP contribution in [0.3, 0.4) is 0 Å². The van der Waals surface area contributed by atoms with Crippen molar-refractivity contribution in [3.05, 3.63) is 65.5 Å². The number of anilines is 1. The minimum absolute atomic E-state index is 0.199. The van der Waals surface area contributed by atoms with Crippen molar-refractivity contribution < 1.29 is 4.79 Å². The molecule has 1 aliphatic rings. The third-order valence-corrected chi connectivity index (χ3v) is 6.91. The minimum atomic E-state index is 0.199. The lowest BCUT2D eigenvalue weighted by molar-refractivity contribution is -0.128. The molecule has 28 heavy (non-hydrogen) atoms. The van der Waals surface area contributed by atoms with E-state index in [1.807, 2.05) is 11.0 Å². The maximum atomic E-state index is 12.6. The lowest BCUT2D eigenvalue weighted by atomic mass is 10.1. The molecule has 3 aromatic rings. The number of benzene rings is 2. The lowest BCUT2D eigenvalue weighted by Crippen LogP contribution is -2.49. The highest BCUT2D eigenvalue weighted by Crippen LogP contribution is 2.28. The Hall–Kier alpha value is -2.31. The fourth-order valence-electron chi connectivity index (χ4n) is 3.25. The average molecular weight is 410 g/mol. The number of thioether (sulfide) groups is 1. The Morgan fingerprint density at radius 1 is 1.04 bits per heavy atom. The summed E-state index contributed by atoms with van der Waals surface area (Å²) in [5.74, 6) is 0.649. The molecule has 2 aromatic carbocycles. The Bertz CT molecular complexity index is 916. The zero-order valence-electron chi connectivity index (χ0n) is 15.9. The van der Waals surface area contributed by atoms with Gasteiger partial charge in [-0.3, -0.25) is 4.79 Å². The second-order valence-corrected chi connectivity index (χ2v) is 8.94. The Balaban J connectivity index is 1.28. The number of nitrogens with zero attached hydrogens (tertiary/aromatic N) is 3. The second-order valence-electron chi connectivity index (χ2n) is 6.86. The number of aryl methyl sites for hydroxylation is 1. The Labute approximate surface area is 174 Å². The molecule has 1 fully saturated rings. The summed E-state index contributed by atoms with van der Waals surface area (Å²) in [7, 11) is 0. The molecule has 1 aromatic heterocycles. The van der Waals surface area contributed by atoms with Crippen LogP contribution in [0.25, 0.3) is 11.3 Å². The number of hydrogen-bond donors (Lipinski definition) is 0. The minimum Gasteiger partial charge on any atom is -0.368 e. The third-order valence-electron chi connectivity index (χ3n) is 4.90. The summed E-state index contributed by atoms with van der Waals surface area (Å²) in [6, 6.07) is 18.8. The molecule has 1 amide bonds. The average Bonchev–Trinajstić information content (AvgIpc) is 3.22. The first kappa shape index (κ1) is 19.0. The molecular weight excluding hydrogens is 386 g/mol. The molecule has 0 spiro atoms. The smallest absolute Gasteiger partial charge is 0.233 e. The molecule has 0 aliphatic carbocycles. The van der Waals surface area contributed by atoms with E-state index < -0.39 is 0 Å². The van der Waals surface area contributed by atoms with E-state index in [0.29, 0.717) is 5.75 Å². The number of para-hydroxylation sites is 1. The summed E-state index contributed by atoms with van der Waals surface area (Å²) in [5.41, 5.74) is 4.58. The molecule has 4 rings (SSSR count). The van der Waals surface area contributed by atoms with Crippen LogP contribution in [0.2, 0.25) is 0 Å². The van der Waals surface area contributed by atoms with Crippen LogP contribution in [0, 0.1) is 6.92 Å². The van der Waals surface area contributed by atoms with Crippen molar-refractivity contribution in [2.75, 3.05) is 36.8 Å². The number of aromatic nitrogens is 1. The molecule has 4 nitrogen and oxygen atoms in total. The predicted octanol–water partition coefficient (Wildman–Crippen LogP) is 4.56. The second kappa shape index (κ2) is 8.80. The maximum Gasteiger partial charge on any atom is 0.233 e. The van der Waals surface area contributed by atoms with Crippen molar-refractivity contribution in [1.29, 1.82) is 0 Å². The van der Waals surface area contributed by atoms with Crippen LogP contribution in [0.15, 0.2) is 64.3 Å². The topological polar surface area (TPSA) is 36.4 Å². The van der Waals surface area contributed by atoms with Gasteiger partial charge < -0.3 is 9.80 Å². The van der Waals surface area contributed by atoms with E-state index in [0.717, 1.165) is 41.8 Å². The van der Waals surface area contributed by atoms with E-state index >= 15 is 0 Å². The fourth-order valence-corrected chi connectivity index (χ4v) is 4.99. The Morgan fingerprint density at radius 2 is 1.75 bits per heavy atom. The number of thiazole rings is 1. The van der Waals surface area contributed by atoms with Crippen LogP contribution >= 0.6 is 23.1 Å². The molecule has 6 heteroatoms. The van der Waals surface area contributed by atoms with Gasteiger partial charge in [0.15, 0.2) is 4.34 Å². The van der Waals surface area contributed by atoms with Gasteiger partial charge in [0.2, 0.25) is 5.91 Å². The van der Waals surface area contributed by atoms with Crippen LogP contribution in [0.5, 0.6) is 0 Å². The van der Waals surface area contributed by atoms with Crippen molar-refractivity contribution in [3.8, 4) is 11.3 Å². The van der Waals surface area contributed by atoms with E-state index in [1.54, 1.807) is 23.1 Å². The van der Waals surface area contributed by atoms with Crippen molar-refractivity contribution in [2.45, 2.75) is 11.3 Å². The van der Waals surface area contributed by atoms with Gasteiger partial charge in [-0.25, -0.2) is 4.98 Å². The normalized spacial score (nSPS) is 14.3. The molecule has 0 saturated carbocycles. The molecule has 0 unspecified atom stereocenters. The summed E-state index contributed by atoms with van der Waals surface area (Å²) in [4.78, 5) is 21.6. The first-order chi connectivity index (χ1) is 13.7. The molecule has 0 N–H and O–H groups in total. The van der Waals surface area contributed by atoms with Gasteiger partial charge in [-0.15, -0.1) is 11.3 Å². The van der Waals surface area contributed by atoms with Crippen molar-refractivity contribution >= 4 is 34.7 Å². The number of hydrogen-bond acceptors (Lipinski definition) is 5. The van der Waals surface area contributed by atoms with E-state index in [2.05, 4.69) is 70.7 Å². The van der Waals surface area contributed by atoms with Crippen molar-refractivity contribution in [1.82, 2.24) is 9.88 Å². The number of carbonyl (C=O) groups is 1. The summed E-state index contributed by atoms with van der Waals surface area (Å²) < 4.78 is 0.951. The maximum absolute atomic E-state index is 12.6. The molecule has 0 bridgehead atoms. The van der Waals surface area contributed by atoms with Gasteiger partial charge in [-0.1, -0.05) is 59.8 Å². The van der Waals surface area contributed by atoms with Crippen LogP contribution < -0.4 is 4.90 Å². The highest BCUT2D eigenvalue weighted by atomic mass is 32.2. The van der Waals surface area contributed by atoms with Gasteiger partial charge in [0.1, 0.15) is 0 Å². The van der Waals surface area contributed by atoms with Crippen molar-refractivity contribution in [2.24, 2.45) is 0 Å². The van der Waals surface area contributed by atoms with Crippen LogP contribution in [0.1, 0.15) is 5.56 Å². The predicted molar refractivity (Wildman–Crippen MR) is 118 cm³/mol. The van der Waals surface area contributed by atoms with Gasteiger partial charge in [-0.2, -0.15) is 0 Å². The van der Waals surface area contributed by atoms with E-state index in [4.69, 9.17) is 0 Å². The number of carbonyl (C=O) groups excluding carboxylic acids is 1. The highest BCUT2D eigenvalue weighted by Gasteiger charge is 2.21. The fraction of sp³-hybridized carbons (Fsp3) is 0.273. The number of piperazine rings is 1. The SMILES string of the molecule is Cc1ccc(-c2csc(SCC(=O)N3CCN(c4ccccc4)CC3)n2)cc1. The number of rotatable bonds is 5. The van der Waals surface area contributed by atoms with Gasteiger partial charge >= 0.3 is 0 Å². The van der Waals surface area contributed by atoms with E-state index in [9.17, 15) is 4.79 Å². The zero-order chi connectivity index (χ0) is 19.3. The van der Waals surface area contributed by atoms with Crippen LogP contribution in [-0.2, 0) is 4.79 Å². The first-order valence-corrected chi connectivity index (χ1v) is 11.3. The number of amides is 1.